The highest BCUT2D eigenvalue weighted by atomic mass is 16.5. The van der Waals surface area contributed by atoms with Crippen molar-refractivity contribution in [2.45, 2.75) is 51.9 Å². The van der Waals surface area contributed by atoms with E-state index in [1.165, 1.54) is 0 Å². The number of hydrogen-bond acceptors (Lipinski definition) is 4. The van der Waals surface area contributed by atoms with Crippen LogP contribution >= 0.6 is 0 Å². The summed E-state index contributed by atoms with van der Waals surface area (Å²) in [5, 5.41) is 16.6. The number of fused-ring (bicyclic) bond motifs is 2. The average Bonchev–Trinajstić information content (AvgIpc) is 3.17. The Bertz CT molecular complexity index is 612. The molecule has 126 valence electrons. The second kappa shape index (κ2) is 6.31. The molecule has 1 aromatic rings. The minimum atomic E-state index is -0.931. The number of amides is 1. The standard InChI is InChI=1S/C16H23N3O4/c1-9-8-10(2)19(18-9)7-3-6-17-15(20)13-11-4-5-12(23-11)14(13)16(21)22/h8,11-14H,3-7H2,1-2H3,(H,17,20)(H,21,22). The molecule has 23 heavy (non-hydrogen) atoms. The van der Waals surface area contributed by atoms with E-state index < -0.39 is 17.8 Å². The quantitative estimate of drug-likeness (QED) is 0.759. The molecule has 2 aliphatic rings. The number of carbonyl (C=O) groups is 2. The van der Waals surface area contributed by atoms with Crippen molar-refractivity contribution in [2.24, 2.45) is 11.8 Å². The van der Waals surface area contributed by atoms with Gasteiger partial charge in [0.05, 0.1) is 29.7 Å². The van der Waals surface area contributed by atoms with Crippen LogP contribution in [0.5, 0.6) is 0 Å². The van der Waals surface area contributed by atoms with Gasteiger partial charge in [0.25, 0.3) is 0 Å². The third kappa shape index (κ3) is 3.10. The molecule has 0 aliphatic carbocycles. The smallest absolute Gasteiger partial charge is 0.310 e. The molecule has 2 N–H and O–H groups in total. The van der Waals surface area contributed by atoms with E-state index >= 15 is 0 Å². The van der Waals surface area contributed by atoms with Crippen molar-refractivity contribution in [3.8, 4) is 0 Å². The van der Waals surface area contributed by atoms with Gasteiger partial charge < -0.3 is 15.2 Å². The summed E-state index contributed by atoms with van der Waals surface area (Å²) in [5.74, 6) is -2.39. The average molecular weight is 321 g/mol. The number of nitrogens with zero attached hydrogens (tertiary/aromatic N) is 2. The van der Waals surface area contributed by atoms with Crippen LogP contribution in [0.15, 0.2) is 6.07 Å². The zero-order valence-electron chi connectivity index (χ0n) is 13.5. The van der Waals surface area contributed by atoms with E-state index in [0.29, 0.717) is 6.54 Å². The molecule has 1 aromatic heterocycles. The molecule has 0 aromatic carbocycles. The minimum Gasteiger partial charge on any atom is -0.481 e. The second-order valence-electron chi connectivity index (χ2n) is 6.47. The van der Waals surface area contributed by atoms with E-state index in [1.54, 1.807) is 0 Å². The third-order valence-corrected chi connectivity index (χ3v) is 4.81. The number of carboxylic acid groups (broad SMARTS) is 1. The van der Waals surface area contributed by atoms with Crippen LogP contribution in [0.25, 0.3) is 0 Å². The van der Waals surface area contributed by atoms with Gasteiger partial charge in [-0.3, -0.25) is 14.3 Å². The number of aromatic nitrogens is 2. The summed E-state index contributed by atoms with van der Waals surface area (Å²) in [7, 11) is 0. The Morgan fingerprint density at radius 2 is 2.04 bits per heavy atom. The van der Waals surface area contributed by atoms with Gasteiger partial charge in [0.15, 0.2) is 0 Å². The second-order valence-corrected chi connectivity index (χ2v) is 6.47. The fraction of sp³-hybridized carbons (Fsp3) is 0.688. The molecule has 2 saturated heterocycles. The van der Waals surface area contributed by atoms with Gasteiger partial charge in [0.1, 0.15) is 0 Å². The molecule has 1 amide bonds. The Labute approximate surface area is 135 Å². The molecule has 4 unspecified atom stereocenters. The molecular weight excluding hydrogens is 298 g/mol. The van der Waals surface area contributed by atoms with Crippen molar-refractivity contribution in [2.75, 3.05) is 6.54 Å². The van der Waals surface area contributed by atoms with Crippen molar-refractivity contribution in [1.29, 1.82) is 0 Å². The summed E-state index contributed by atoms with van der Waals surface area (Å²) in [6.45, 7) is 5.20. The maximum atomic E-state index is 12.4. The van der Waals surface area contributed by atoms with Gasteiger partial charge in [-0.15, -0.1) is 0 Å². The van der Waals surface area contributed by atoms with E-state index in [2.05, 4.69) is 10.4 Å². The summed E-state index contributed by atoms with van der Waals surface area (Å²) in [6.07, 6.45) is 1.73. The largest absolute Gasteiger partial charge is 0.481 e. The number of rotatable bonds is 6. The lowest BCUT2D eigenvalue weighted by Crippen LogP contribution is -2.44. The van der Waals surface area contributed by atoms with Crippen molar-refractivity contribution in [3.63, 3.8) is 0 Å². The molecule has 2 bridgehead atoms. The first-order valence-electron chi connectivity index (χ1n) is 8.14. The van der Waals surface area contributed by atoms with Gasteiger partial charge in [-0.2, -0.15) is 5.10 Å². The summed E-state index contributed by atoms with van der Waals surface area (Å²) in [4.78, 5) is 23.7. The van der Waals surface area contributed by atoms with Crippen molar-refractivity contribution >= 4 is 11.9 Å². The summed E-state index contributed by atoms with van der Waals surface area (Å²) < 4.78 is 7.54. The fourth-order valence-corrected chi connectivity index (χ4v) is 3.78. The van der Waals surface area contributed by atoms with E-state index in [9.17, 15) is 14.7 Å². The lowest BCUT2D eigenvalue weighted by Gasteiger charge is -2.23. The lowest BCUT2D eigenvalue weighted by molar-refractivity contribution is -0.147. The topological polar surface area (TPSA) is 93.5 Å². The Morgan fingerprint density at radius 1 is 1.35 bits per heavy atom. The van der Waals surface area contributed by atoms with Gasteiger partial charge in [-0.25, -0.2) is 0 Å². The number of carbonyl (C=O) groups excluding carboxylic acids is 1. The van der Waals surface area contributed by atoms with Crippen LogP contribution < -0.4 is 5.32 Å². The van der Waals surface area contributed by atoms with E-state index in [1.807, 2.05) is 24.6 Å². The Hall–Kier alpha value is -1.89. The minimum absolute atomic E-state index is 0.196. The van der Waals surface area contributed by atoms with Crippen LogP contribution in [0.3, 0.4) is 0 Å². The highest BCUT2D eigenvalue weighted by Gasteiger charge is 2.55. The number of hydrogen-bond donors (Lipinski definition) is 2. The number of aliphatic carboxylic acids is 1. The number of nitrogens with one attached hydrogen (secondary N) is 1. The van der Waals surface area contributed by atoms with E-state index in [-0.39, 0.29) is 18.1 Å². The van der Waals surface area contributed by atoms with Crippen LogP contribution in [-0.4, -0.2) is 45.5 Å². The third-order valence-electron chi connectivity index (χ3n) is 4.81. The molecule has 0 radical (unpaired) electrons. The molecule has 4 atom stereocenters. The predicted molar refractivity (Wildman–Crippen MR) is 81.8 cm³/mol. The van der Waals surface area contributed by atoms with Gasteiger partial charge in [0, 0.05) is 18.8 Å². The Balaban J connectivity index is 1.49. The van der Waals surface area contributed by atoms with E-state index in [4.69, 9.17) is 4.74 Å². The van der Waals surface area contributed by atoms with E-state index in [0.717, 1.165) is 37.2 Å². The first kappa shape index (κ1) is 16.0. The van der Waals surface area contributed by atoms with Crippen molar-refractivity contribution in [3.05, 3.63) is 17.5 Å². The monoisotopic (exact) mass is 321 g/mol. The Morgan fingerprint density at radius 3 is 2.65 bits per heavy atom. The molecule has 7 heteroatoms. The van der Waals surface area contributed by atoms with Gasteiger partial charge >= 0.3 is 5.97 Å². The lowest BCUT2D eigenvalue weighted by atomic mass is 9.79. The van der Waals surface area contributed by atoms with Crippen LogP contribution in [0, 0.1) is 25.7 Å². The summed E-state index contributed by atoms with van der Waals surface area (Å²) >= 11 is 0. The van der Waals surface area contributed by atoms with Gasteiger partial charge in [-0.05, 0) is 39.2 Å². The molecular formula is C16H23N3O4. The molecule has 3 rings (SSSR count). The molecule has 7 nitrogen and oxygen atoms in total. The SMILES string of the molecule is Cc1cc(C)n(CCCNC(=O)C2C3CCC(O3)C2C(=O)O)n1. The van der Waals surface area contributed by atoms with Crippen molar-refractivity contribution in [1.82, 2.24) is 15.1 Å². The molecule has 0 spiro atoms. The number of carboxylic acids is 1. The van der Waals surface area contributed by atoms with Crippen LogP contribution in [0.2, 0.25) is 0 Å². The van der Waals surface area contributed by atoms with Gasteiger partial charge in [-0.1, -0.05) is 0 Å². The predicted octanol–water partition coefficient (Wildman–Crippen LogP) is 0.884. The van der Waals surface area contributed by atoms with Crippen LogP contribution in [-0.2, 0) is 20.9 Å². The van der Waals surface area contributed by atoms with Crippen molar-refractivity contribution < 1.29 is 19.4 Å². The number of ether oxygens (including phenoxy) is 1. The highest BCUT2D eigenvalue weighted by molar-refractivity contribution is 5.86. The first-order chi connectivity index (χ1) is 11.0. The maximum absolute atomic E-state index is 12.4. The highest BCUT2D eigenvalue weighted by Crippen LogP contribution is 2.43. The van der Waals surface area contributed by atoms with Gasteiger partial charge in [0.2, 0.25) is 5.91 Å². The summed E-state index contributed by atoms with van der Waals surface area (Å²) in [6, 6.07) is 2.02. The normalized spacial score (nSPS) is 29.0. The number of aryl methyl sites for hydroxylation is 3. The van der Waals surface area contributed by atoms with Crippen LogP contribution in [0.4, 0.5) is 0 Å². The maximum Gasteiger partial charge on any atom is 0.310 e. The molecule has 0 saturated carbocycles. The molecule has 2 fully saturated rings. The zero-order valence-corrected chi connectivity index (χ0v) is 13.5. The summed E-state index contributed by atoms with van der Waals surface area (Å²) in [5.41, 5.74) is 2.08. The Kier molecular flexibility index (Phi) is 4.39. The van der Waals surface area contributed by atoms with Crippen LogP contribution in [0.1, 0.15) is 30.7 Å². The first-order valence-corrected chi connectivity index (χ1v) is 8.14. The molecule has 3 heterocycles. The molecule has 2 aliphatic heterocycles. The zero-order chi connectivity index (χ0) is 16.6. The fourth-order valence-electron chi connectivity index (χ4n) is 3.78.